The SMILES string of the molecule is O=NCC[C@@]12CC1C1C3CC312. The van der Waals surface area contributed by atoms with Gasteiger partial charge in [-0.1, -0.05) is 5.18 Å². The Bertz CT molecular complexity index is 277. The van der Waals surface area contributed by atoms with Crippen LogP contribution in [0.15, 0.2) is 5.18 Å². The van der Waals surface area contributed by atoms with Crippen molar-refractivity contribution in [2.24, 2.45) is 33.8 Å². The second-order valence-corrected chi connectivity index (χ2v) is 4.95. The molecule has 4 saturated carbocycles. The summed E-state index contributed by atoms with van der Waals surface area (Å²) in [5.74, 6) is 3.34. The summed E-state index contributed by atoms with van der Waals surface area (Å²) in [6, 6.07) is 0. The molecule has 2 nitrogen and oxygen atoms in total. The van der Waals surface area contributed by atoms with E-state index < -0.39 is 0 Å². The van der Waals surface area contributed by atoms with E-state index in [0.29, 0.717) is 12.0 Å². The van der Waals surface area contributed by atoms with Crippen LogP contribution in [0.25, 0.3) is 0 Å². The van der Waals surface area contributed by atoms with Gasteiger partial charge in [0.2, 0.25) is 0 Å². The molecular weight excluding hydrogens is 138 g/mol. The van der Waals surface area contributed by atoms with Gasteiger partial charge in [-0.25, -0.2) is 0 Å². The third-order valence-electron chi connectivity index (χ3n) is 5.12. The predicted molar refractivity (Wildman–Crippen MR) is 39.8 cm³/mol. The Labute approximate surface area is 65.3 Å². The lowest BCUT2D eigenvalue weighted by atomic mass is 9.72. The van der Waals surface area contributed by atoms with Gasteiger partial charge in [-0.15, -0.1) is 0 Å². The number of rotatable bonds is 3. The molecule has 0 bridgehead atoms. The molecule has 0 amide bonds. The van der Waals surface area contributed by atoms with Crippen molar-refractivity contribution < 1.29 is 0 Å². The molecule has 4 unspecified atom stereocenters. The first-order valence-corrected chi connectivity index (χ1v) is 4.66. The smallest absolute Gasteiger partial charge is 0.0816 e. The third kappa shape index (κ3) is 0.292. The van der Waals surface area contributed by atoms with Gasteiger partial charge < -0.3 is 0 Å². The molecule has 2 heteroatoms. The lowest BCUT2D eigenvalue weighted by molar-refractivity contribution is 0.149. The van der Waals surface area contributed by atoms with E-state index in [4.69, 9.17) is 0 Å². The fraction of sp³-hybridized carbons (Fsp3) is 1.00. The standard InChI is InChI=1S/C9H11NO/c11-10-2-1-8-3-5(8)7-6-4-9(6,7)8/h5-7H,1-4H2/t5?,6?,7?,8-,9?/m1/s1. The molecule has 0 aromatic rings. The topological polar surface area (TPSA) is 29.4 Å². The van der Waals surface area contributed by atoms with Crippen LogP contribution in [0.5, 0.6) is 0 Å². The van der Waals surface area contributed by atoms with Crippen molar-refractivity contribution in [1.82, 2.24) is 0 Å². The minimum Gasteiger partial charge on any atom is -0.151 e. The van der Waals surface area contributed by atoms with Crippen LogP contribution in [0.4, 0.5) is 0 Å². The molecule has 11 heavy (non-hydrogen) atoms. The van der Waals surface area contributed by atoms with E-state index in [2.05, 4.69) is 5.18 Å². The highest BCUT2D eigenvalue weighted by molar-refractivity contribution is 5.49. The monoisotopic (exact) mass is 149 g/mol. The van der Waals surface area contributed by atoms with Gasteiger partial charge in [0.1, 0.15) is 0 Å². The largest absolute Gasteiger partial charge is 0.151 e. The molecular formula is C9H11NO. The maximum Gasteiger partial charge on any atom is 0.0816 e. The minimum atomic E-state index is 0.581. The fourth-order valence-electron chi connectivity index (χ4n) is 4.51. The van der Waals surface area contributed by atoms with Gasteiger partial charge in [-0.2, -0.15) is 4.91 Å². The molecule has 4 rings (SSSR count). The zero-order valence-corrected chi connectivity index (χ0v) is 6.42. The number of fused-ring (bicyclic) bond motifs is 3. The maximum atomic E-state index is 10.00. The molecule has 4 aliphatic carbocycles. The van der Waals surface area contributed by atoms with Crippen molar-refractivity contribution in [3.63, 3.8) is 0 Å². The quantitative estimate of drug-likeness (QED) is 0.562. The van der Waals surface area contributed by atoms with Crippen LogP contribution < -0.4 is 0 Å². The second-order valence-electron chi connectivity index (χ2n) is 4.95. The Balaban J connectivity index is 1.61. The van der Waals surface area contributed by atoms with Crippen molar-refractivity contribution in [3.05, 3.63) is 4.91 Å². The minimum absolute atomic E-state index is 0.581. The summed E-state index contributed by atoms with van der Waals surface area (Å²) in [7, 11) is 0. The summed E-state index contributed by atoms with van der Waals surface area (Å²) >= 11 is 0. The van der Waals surface area contributed by atoms with E-state index in [-0.39, 0.29) is 0 Å². The highest BCUT2D eigenvalue weighted by atomic mass is 16.3. The summed E-state index contributed by atoms with van der Waals surface area (Å²) in [5, 5.41) is 2.98. The van der Waals surface area contributed by atoms with Crippen molar-refractivity contribution in [2.45, 2.75) is 19.3 Å². The summed E-state index contributed by atoms with van der Waals surface area (Å²) < 4.78 is 0. The number of nitrogens with zero attached hydrogens (tertiary/aromatic N) is 1. The first kappa shape index (κ1) is 5.28. The van der Waals surface area contributed by atoms with Crippen molar-refractivity contribution in [1.29, 1.82) is 0 Å². The van der Waals surface area contributed by atoms with Gasteiger partial charge in [-0.05, 0) is 47.8 Å². The molecule has 4 aliphatic rings. The van der Waals surface area contributed by atoms with E-state index >= 15 is 0 Å². The van der Waals surface area contributed by atoms with Crippen LogP contribution in [-0.4, -0.2) is 6.54 Å². The van der Waals surface area contributed by atoms with Crippen molar-refractivity contribution in [3.8, 4) is 0 Å². The van der Waals surface area contributed by atoms with E-state index in [9.17, 15) is 4.91 Å². The second kappa shape index (κ2) is 1.08. The van der Waals surface area contributed by atoms with Crippen LogP contribution >= 0.6 is 0 Å². The average Bonchev–Trinajstić information content (AvgIpc) is 2.75. The van der Waals surface area contributed by atoms with Gasteiger partial charge in [-0.3, -0.25) is 0 Å². The van der Waals surface area contributed by atoms with Crippen LogP contribution in [0.3, 0.4) is 0 Å². The zero-order chi connectivity index (χ0) is 7.27. The Morgan fingerprint density at radius 3 is 2.82 bits per heavy atom. The average molecular weight is 149 g/mol. The fourth-order valence-corrected chi connectivity index (χ4v) is 4.51. The molecule has 1 spiro atoms. The normalized spacial score (nSPS) is 71.8. The van der Waals surface area contributed by atoms with Gasteiger partial charge in [0.25, 0.3) is 0 Å². The lowest BCUT2D eigenvalue weighted by Crippen LogP contribution is -2.29. The Morgan fingerprint density at radius 1 is 1.36 bits per heavy atom. The number of hydrogen-bond acceptors (Lipinski definition) is 2. The van der Waals surface area contributed by atoms with Crippen molar-refractivity contribution in [2.75, 3.05) is 6.54 Å². The Kier molecular flexibility index (Phi) is 0.520. The molecule has 0 aromatic carbocycles. The summed E-state index contributed by atoms with van der Waals surface area (Å²) in [6.07, 6.45) is 4.07. The van der Waals surface area contributed by atoms with Crippen LogP contribution in [0.1, 0.15) is 19.3 Å². The summed E-state index contributed by atoms with van der Waals surface area (Å²) in [4.78, 5) is 10.00. The van der Waals surface area contributed by atoms with Gasteiger partial charge in [0.05, 0.1) is 6.54 Å². The van der Waals surface area contributed by atoms with Crippen LogP contribution in [0.2, 0.25) is 0 Å². The van der Waals surface area contributed by atoms with E-state index in [1.165, 1.54) is 12.8 Å². The zero-order valence-electron chi connectivity index (χ0n) is 6.42. The first-order chi connectivity index (χ1) is 5.37. The molecule has 0 saturated heterocycles. The molecule has 58 valence electrons. The highest BCUT2D eigenvalue weighted by Gasteiger charge is 3.02. The van der Waals surface area contributed by atoms with Crippen LogP contribution in [0, 0.1) is 33.5 Å². The summed E-state index contributed by atoms with van der Waals surface area (Å²) in [6.45, 7) is 0.581. The molecule has 0 N–H and O–H groups in total. The van der Waals surface area contributed by atoms with E-state index in [1.54, 1.807) is 0 Å². The highest BCUT2D eigenvalue weighted by Crippen LogP contribution is 3.07. The molecule has 0 aromatic heterocycles. The molecule has 4 fully saturated rings. The van der Waals surface area contributed by atoms with Gasteiger partial charge in [0.15, 0.2) is 0 Å². The Morgan fingerprint density at radius 2 is 2.27 bits per heavy atom. The maximum absolute atomic E-state index is 10.00. The molecule has 0 radical (unpaired) electrons. The summed E-state index contributed by atoms with van der Waals surface area (Å²) in [5.41, 5.74) is 1.53. The first-order valence-electron chi connectivity index (χ1n) is 4.66. The van der Waals surface area contributed by atoms with Gasteiger partial charge in [0, 0.05) is 0 Å². The molecule has 5 atom stereocenters. The third-order valence-corrected chi connectivity index (χ3v) is 5.12. The number of nitroso groups, excluding NO2 is 1. The van der Waals surface area contributed by atoms with Gasteiger partial charge >= 0.3 is 0 Å². The predicted octanol–water partition coefficient (Wildman–Crippen LogP) is 1.80. The molecule has 0 aliphatic heterocycles. The lowest BCUT2D eigenvalue weighted by Gasteiger charge is -2.32. The molecule has 0 heterocycles. The van der Waals surface area contributed by atoms with Crippen molar-refractivity contribution >= 4 is 0 Å². The Hall–Kier alpha value is -0.400. The van der Waals surface area contributed by atoms with E-state index in [1.807, 2.05) is 0 Å². The number of hydrogen-bond donors (Lipinski definition) is 0. The van der Waals surface area contributed by atoms with E-state index in [0.717, 1.165) is 29.6 Å². The van der Waals surface area contributed by atoms with Crippen LogP contribution in [-0.2, 0) is 0 Å².